The Morgan fingerprint density at radius 1 is 1.20 bits per heavy atom. The van der Waals surface area contributed by atoms with Gasteiger partial charge in [-0.25, -0.2) is 9.97 Å². The lowest BCUT2D eigenvalue weighted by molar-refractivity contribution is 0.624. The predicted octanol–water partition coefficient (Wildman–Crippen LogP) is 3.68. The van der Waals surface area contributed by atoms with Gasteiger partial charge in [0, 0.05) is 29.5 Å². The lowest BCUT2D eigenvalue weighted by Gasteiger charge is -2.07. The van der Waals surface area contributed by atoms with Gasteiger partial charge >= 0.3 is 0 Å². The third-order valence-corrected chi connectivity index (χ3v) is 4.43. The average molecular weight is 283 g/mol. The topological polar surface area (TPSA) is 51.0 Å². The van der Waals surface area contributed by atoms with E-state index >= 15 is 0 Å². The van der Waals surface area contributed by atoms with E-state index in [1.54, 1.807) is 0 Å². The Morgan fingerprint density at radius 2 is 2.10 bits per heavy atom. The zero-order chi connectivity index (χ0) is 13.5. The van der Waals surface area contributed by atoms with Crippen molar-refractivity contribution in [3.63, 3.8) is 0 Å². The maximum absolute atomic E-state index is 5.85. The fraction of sp³-hybridized carbons (Fsp3) is 0.200. The number of nitrogens with zero attached hydrogens (tertiary/aromatic N) is 2. The first-order chi connectivity index (χ1) is 9.85. The number of hydrogen-bond acceptors (Lipinski definition) is 5. The van der Waals surface area contributed by atoms with Gasteiger partial charge in [0.2, 0.25) is 0 Å². The van der Waals surface area contributed by atoms with Crippen LogP contribution in [0.1, 0.15) is 11.3 Å². The van der Waals surface area contributed by atoms with Gasteiger partial charge in [0.05, 0.1) is 5.69 Å². The second-order valence-corrected chi connectivity index (χ2v) is 5.70. The van der Waals surface area contributed by atoms with Gasteiger partial charge in [0.25, 0.3) is 0 Å². The van der Waals surface area contributed by atoms with E-state index < -0.39 is 0 Å². The molecule has 1 aliphatic heterocycles. The minimum absolute atomic E-state index is 0.659. The molecule has 20 heavy (non-hydrogen) atoms. The Bertz CT molecular complexity index is 764. The molecule has 0 saturated heterocycles. The van der Waals surface area contributed by atoms with Crippen LogP contribution in [0.5, 0.6) is 0 Å². The van der Waals surface area contributed by atoms with E-state index in [0.717, 1.165) is 39.7 Å². The molecule has 100 valence electrons. The highest BCUT2D eigenvalue weighted by atomic mass is 32.2. The zero-order valence-corrected chi connectivity index (χ0v) is 11.8. The predicted molar refractivity (Wildman–Crippen MR) is 81.8 cm³/mol. The van der Waals surface area contributed by atoms with Gasteiger partial charge in [0.1, 0.15) is 11.4 Å². The number of rotatable bonds is 2. The van der Waals surface area contributed by atoms with E-state index in [0.29, 0.717) is 5.82 Å². The monoisotopic (exact) mass is 283 g/mol. The normalized spacial score (nSPS) is 13.7. The molecule has 0 atom stereocenters. The van der Waals surface area contributed by atoms with Crippen molar-refractivity contribution in [2.24, 2.45) is 0 Å². The molecule has 0 aliphatic carbocycles. The van der Waals surface area contributed by atoms with Gasteiger partial charge in [-0.3, -0.25) is 0 Å². The lowest BCUT2D eigenvalue weighted by atomic mass is 10.2. The zero-order valence-electron chi connectivity index (χ0n) is 11.0. The number of benzene rings is 1. The maximum atomic E-state index is 5.85. The summed E-state index contributed by atoms with van der Waals surface area (Å²) < 4.78 is 5.85. The van der Waals surface area contributed by atoms with Crippen LogP contribution in [0.4, 0.5) is 5.82 Å². The molecule has 0 amide bonds. The summed E-state index contributed by atoms with van der Waals surface area (Å²) in [4.78, 5) is 9.26. The summed E-state index contributed by atoms with van der Waals surface area (Å²) in [5, 5.41) is 4.24. The molecular weight excluding hydrogens is 270 g/mol. The van der Waals surface area contributed by atoms with E-state index in [-0.39, 0.29) is 0 Å². The van der Waals surface area contributed by atoms with Crippen molar-refractivity contribution in [3.8, 4) is 11.6 Å². The van der Waals surface area contributed by atoms with E-state index in [4.69, 9.17) is 4.42 Å². The highest BCUT2D eigenvalue weighted by Crippen LogP contribution is 2.35. The van der Waals surface area contributed by atoms with Crippen molar-refractivity contribution in [2.75, 3.05) is 12.4 Å². The van der Waals surface area contributed by atoms with Crippen LogP contribution in [0.25, 0.3) is 22.6 Å². The maximum Gasteiger partial charge on any atom is 0.197 e. The van der Waals surface area contributed by atoms with Crippen LogP contribution >= 0.6 is 11.8 Å². The SMILES string of the molecule is CNc1nc(-c2cc3ccccc3o2)nc2c1CSC2. The van der Waals surface area contributed by atoms with Gasteiger partial charge in [-0.2, -0.15) is 11.8 Å². The van der Waals surface area contributed by atoms with Crippen LogP contribution in [-0.4, -0.2) is 17.0 Å². The van der Waals surface area contributed by atoms with Crippen LogP contribution in [0.3, 0.4) is 0 Å². The summed E-state index contributed by atoms with van der Waals surface area (Å²) in [7, 11) is 1.90. The number of thioether (sulfide) groups is 1. The molecule has 0 unspecified atom stereocenters. The average Bonchev–Trinajstić information content (AvgIpc) is 3.12. The summed E-state index contributed by atoms with van der Waals surface area (Å²) >= 11 is 1.87. The van der Waals surface area contributed by atoms with Gasteiger partial charge in [-0.05, 0) is 12.1 Å². The largest absolute Gasteiger partial charge is 0.453 e. The molecule has 2 aromatic heterocycles. The number of aromatic nitrogens is 2. The van der Waals surface area contributed by atoms with Crippen LogP contribution in [-0.2, 0) is 11.5 Å². The van der Waals surface area contributed by atoms with Gasteiger partial charge in [0.15, 0.2) is 11.6 Å². The molecule has 4 rings (SSSR count). The summed E-state index contributed by atoms with van der Waals surface area (Å²) in [6, 6.07) is 9.96. The van der Waals surface area contributed by atoms with Crippen LogP contribution in [0.15, 0.2) is 34.7 Å². The Hall–Kier alpha value is -2.01. The molecule has 1 aromatic carbocycles. The summed E-state index contributed by atoms with van der Waals surface area (Å²) in [5.74, 6) is 4.22. The molecule has 5 heteroatoms. The minimum atomic E-state index is 0.659. The number of hydrogen-bond donors (Lipinski definition) is 1. The molecule has 3 heterocycles. The first-order valence-corrected chi connectivity index (χ1v) is 7.65. The molecule has 1 aliphatic rings. The summed E-state index contributed by atoms with van der Waals surface area (Å²) in [6.45, 7) is 0. The Morgan fingerprint density at radius 3 is 2.95 bits per heavy atom. The van der Waals surface area contributed by atoms with Crippen LogP contribution < -0.4 is 5.32 Å². The van der Waals surface area contributed by atoms with Crippen molar-refractivity contribution >= 4 is 28.5 Å². The quantitative estimate of drug-likeness (QED) is 0.777. The third kappa shape index (κ3) is 1.78. The van der Waals surface area contributed by atoms with E-state index in [1.165, 1.54) is 5.56 Å². The van der Waals surface area contributed by atoms with Crippen LogP contribution in [0.2, 0.25) is 0 Å². The number of furan rings is 1. The number of para-hydroxylation sites is 1. The lowest BCUT2D eigenvalue weighted by Crippen LogP contribution is -2.02. The molecule has 0 fully saturated rings. The number of anilines is 1. The third-order valence-electron chi connectivity index (χ3n) is 3.46. The smallest absolute Gasteiger partial charge is 0.197 e. The fourth-order valence-corrected chi connectivity index (χ4v) is 3.50. The Kier molecular flexibility index (Phi) is 2.67. The second-order valence-electron chi connectivity index (χ2n) is 4.71. The van der Waals surface area contributed by atoms with Gasteiger partial charge < -0.3 is 9.73 Å². The second kappa shape index (κ2) is 4.52. The van der Waals surface area contributed by atoms with Crippen molar-refractivity contribution in [1.29, 1.82) is 0 Å². The van der Waals surface area contributed by atoms with E-state index in [2.05, 4.69) is 15.3 Å². The van der Waals surface area contributed by atoms with E-state index in [9.17, 15) is 0 Å². The summed E-state index contributed by atoms with van der Waals surface area (Å²) in [5.41, 5.74) is 3.20. The van der Waals surface area contributed by atoms with Gasteiger partial charge in [-0.15, -0.1) is 0 Å². The highest BCUT2D eigenvalue weighted by molar-refractivity contribution is 7.98. The molecule has 0 bridgehead atoms. The number of nitrogens with one attached hydrogen (secondary N) is 1. The standard InChI is InChI=1S/C15H13N3OS/c1-16-14-10-7-20-8-11(10)17-15(18-14)13-6-9-4-2-3-5-12(9)19-13/h2-6H,7-8H2,1H3,(H,16,17,18). The Balaban J connectivity index is 1.89. The molecule has 4 nitrogen and oxygen atoms in total. The van der Waals surface area contributed by atoms with Crippen molar-refractivity contribution in [3.05, 3.63) is 41.6 Å². The first-order valence-electron chi connectivity index (χ1n) is 6.49. The number of fused-ring (bicyclic) bond motifs is 2. The van der Waals surface area contributed by atoms with Crippen molar-refractivity contribution in [1.82, 2.24) is 9.97 Å². The van der Waals surface area contributed by atoms with Crippen LogP contribution in [0, 0.1) is 0 Å². The molecule has 3 aromatic rings. The molecule has 0 saturated carbocycles. The summed E-state index contributed by atoms with van der Waals surface area (Å²) in [6.07, 6.45) is 0. The van der Waals surface area contributed by atoms with Crippen molar-refractivity contribution in [2.45, 2.75) is 11.5 Å². The highest BCUT2D eigenvalue weighted by Gasteiger charge is 2.21. The Labute approximate surface area is 120 Å². The molecule has 0 spiro atoms. The molecular formula is C15H13N3OS. The van der Waals surface area contributed by atoms with Crippen molar-refractivity contribution < 1.29 is 4.42 Å². The molecule has 0 radical (unpaired) electrons. The van der Waals surface area contributed by atoms with E-state index in [1.807, 2.05) is 49.1 Å². The first kappa shape index (κ1) is 11.8. The molecule has 1 N–H and O–H groups in total. The fourth-order valence-electron chi connectivity index (χ4n) is 2.46. The van der Waals surface area contributed by atoms with Gasteiger partial charge in [-0.1, -0.05) is 18.2 Å². The minimum Gasteiger partial charge on any atom is -0.453 e.